The maximum Gasteiger partial charge on any atom is 0.222 e. The van der Waals surface area contributed by atoms with Crippen molar-refractivity contribution in [1.29, 1.82) is 0 Å². The van der Waals surface area contributed by atoms with Crippen molar-refractivity contribution in [3.8, 4) is 11.3 Å². The minimum Gasteiger partial charge on any atom is -0.368 e. The van der Waals surface area contributed by atoms with Crippen molar-refractivity contribution in [3.63, 3.8) is 0 Å². The molecule has 2 aromatic heterocycles. The Morgan fingerprint density at radius 1 is 0.960 bits per heavy atom. The van der Waals surface area contributed by atoms with Crippen molar-refractivity contribution in [1.82, 2.24) is 26.1 Å². The quantitative estimate of drug-likeness (QED) is 0.728. The molecule has 1 aliphatic carbocycles. The SMILES string of the molecule is N.Nc1nc(C2CCCCC2)c2nc(-c3ccc(F)cc3)cnc2n1. The number of halogens is 1. The van der Waals surface area contributed by atoms with Crippen molar-refractivity contribution < 1.29 is 4.39 Å². The lowest BCUT2D eigenvalue weighted by atomic mass is 9.86. The summed E-state index contributed by atoms with van der Waals surface area (Å²) in [6.07, 6.45) is 7.48. The molecule has 0 amide bonds. The molecule has 3 aromatic rings. The molecule has 1 aromatic carbocycles. The summed E-state index contributed by atoms with van der Waals surface area (Å²) in [6, 6.07) is 6.23. The van der Waals surface area contributed by atoms with Crippen LogP contribution >= 0.6 is 0 Å². The second-order valence-electron chi connectivity index (χ2n) is 6.24. The van der Waals surface area contributed by atoms with Crippen molar-refractivity contribution in [2.45, 2.75) is 38.0 Å². The van der Waals surface area contributed by atoms with Crippen LogP contribution in [0.3, 0.4) is 0 Å². The summed E-state index contributed by atoms with van der Waals surface area (Å²) in [7, 11) is 0. The standard InChI is InChI=1S/C18H18FN5.H3N/c19-13-8-6-11(7-9-13)14-10-21-17-16(22-14)15(23-18(20)24-17)12-4-2-1-3-5-12;/h6-10,12H,1-5H2,(H2,20,21,23,24);1H3. The zero-order valence-electron chi connectivity index (χ0n) is 14.0. The highest BCUT2D eigenvalue weighted by Crippen LogP contribution is 2.34. The molecule has 130 valence electrons. The molecule has 6 nitrogen and oxygen atoms in total. The maximum atomic E-state index is 13.1. The van der Waals surface area contributed by atoms with Crippen molar-refractivity contribution >= 4 is 17.1 Å². The molecule has 0 bridgehead atoms. The summed E-state index contributed by atoms with van der Waals surface area (Å²) >= 11 is 0. The fourth-order valence-corrected chi connectivity index (χ4v) is 3.37. The molecule has 25 heavy (non-hydrogen) atoms. The van der Waals surface area contributed by atoms with Gasteiger partial charge in [-0.05, 0) is 37.1 Å². The predicted molar refractivity (Wildman–Crippen MR) is 95.8 cm³/mol. The minimum atomic E-state index is -0.272. The van der Waals surface area contributed by atoms with E-state index >= 15 is 0 Å². The molecule has 1 aliphatic rings. The number of rotatable bonds is 2. The van der Waals surface area contributed by atoms with Crippen molar-refractivity contribution in [3.05, 3.63) is 42.0 Å². The number of hydrogen-bond acceptors (Lipinski definition) is 6. The van der Waals surface area contributed by atoms with Gasteiger partial charge in [0.2, 0.25) is 5.95 Å². The number of aromatic nitrogens is 4. The maximum absolute atomic E-state index is 13.1. The highest BCUT2D eigenvalue weighted by Gasteiger charge is 2.22. The zero-order chi connectivity index (χ0) is 16.5. The fraction of sp³-hybridized carbons (Fsp3) is 0.333. The lowest BCUT2D eigenvalue weighted by Gasteiger charge is -2.21. The van der Waals surface area contributed by atoms with E-state index in [1.165, 1.54) is 31.4 Å². The van der Waals surface area contributed by atoms with Gasteiger partial charge in [0.1, 0.15) is 11.3 Å². The lowest BCUT2D eigenvalue weighted by Crippen LogP contribution is -2.11. The van der Waals surface area contributed by atoms with E-state index < -0.39 is 0 Å². The van der Waals surface area contributed by atoms with Crippen LogP contribution in [0.2, 0.25) is 0 Å². The molecule has 0 atom stereocenters. The molecule has 0 radical (unpaired) electrons. The second kappa shape index (κ2) is 7.06. The van der Waals surface area contributed by atoms with Gasteiger partial charge in [0.15, 0.2) is 5.65 Å². The highest BCUT2D eigenvalue weighted by atomic mass is 19.1. The molecular weight excluding hydrogens is 319 g/mol. The highest BCUT2D eigenvalue weighted by molar-refractivity contribution is 5.77. The fourth-order valence-electron chi connectivity index (χ4n) is 3.37. The Kier molecular flexibility index (Phi) is 4.85. The van der Waals surface area contributed by atoms with Gasteiger partial charge in [-0.15, -0.1) is 0 Å². The monoisotopic (exact) mass is 340 g/mol. The number of fused-ring (bicyclic) bond motifs is 1. The van der Waals surface area contributed by atoms with Gasteiger partial charge in [-0.25, -0.2) is 19.3 Å². The van der Waals surface area contributed by atoms with Gasteiger partial charge in [-0.1, -0.05) is 19.3 Å². The van der Waals surface area contributed by atoms with Gasteiger partial charge < -0.3 is 11.9 Å². The summed E-state index contributed by atoms with van der Waals surface area (Å²) < 4.78 is 13.1. The third kappa shape index (κ3) is 3.41. The van der Waals surface area contributed by atoms with E-state index in [1.807, 2.05) is 0 Å². The Morgan fingerprint density at radius 3 is 2.40 bits per heavy atom. The van der Waals surface area contributed by atoms with Gasteiger partial charge >= 0.3 is 0 Å². The molecule has 0 spiro atoms. The number of anilines is 1. The first-order chi connectivity index (χ1) is 11.7. The van der Waals surface area contributed by atoms with Gasteiger partial charge in [0.05, 0.1) is 17.6 Å². The first-order valence-electron chi connectivity index (χ1n) is 8.27. The molecule has 4 rings (SSSR count). The van der Waals surface area contributed by atoms with Crippen molar-refractivity contribution in [2.75, 3.05) is 5.73 Å². The molecule has 1 saturated carbocycles. The van der Waals surface area contributed by atoms with Crippen molar-refractivity contribution in [2.24, 2.45) is 0 Å². The number of nitrogens with zero attached hydrogens (tertiary/aromatic N) is 4. The molecule has 7 heteroatoms. The van der Waals surface area contributed by atoms with Gasteiger partial charge in [0, 0.05) is 11.5 Å². The van der Waals surface area contributed by atoms with Crippen LogP contribution in [0.25, 0.3) is 22.4 Å². The normalized spacial score (nSPS) is 15.1. The first kappa shape index (κ1) is 17.2. The average molecular weight is 340 g/mol. The number of benzene rings is 1. The Labute approximate surface area is 145 Å². The summed E-state index contributed by atoms with van der Waals surface area (Å²) in [6.45, 7) is 0. The predicted octanol–water partition coefficient (Wildman–Crippen LogP) is 4.02. The molecule has 1 fully saturated rings. The van der Waals surface area contributed by atoms with Crippen LogP contribution < -0.4 is 11.9 Å². The topological polar surface area (TPSA) is 113 Å². The number of nitrogen functional groups attached to an aromatic ring is 1. The summed E-state index contributed by atoms with van der Waals surface area (Å²) in [5, 5.41) is 0. The van der Waals surface area contributed by atoms with Gasteiger partial charge in [0.25, 0.3) is 0 Å². The number of nitrogens with two attached hydrogens (primary N) is 1. The Hall–Kier alpha value is -2.67. The van der Waals surface area contributed by atoms with Crippen LogP contribution in [0.1, 0.15) is 43.7 Å². The van der Waals surface area contributed by atoms with Gasteiger partial charge in [-0.3, -0.25) is 0 Å². The molecule has 5 N–H and O–H groups in total. The third-order valence-corrected chi connectivity index (χ3v) is 4.58. The second-order valence-corrected chi connectivity index (χ2v) is 6.24. The van der Waals surface area contributed by atoms with E-state index in [4.69, 9.17) is 10.7 Å². The molecule has 2 heterocycles. The summed E-state index contributed by atoms with van der Waals surface area (Å²) in [4.78, 5) is 17.8. The largest absolute Gasteiger partial charge is 0.368 e. The number of hydrogen-bond donors (Lipinski definition) is 2. The van der Waals surface area contributed by atoms with E-state index in [0.29, 0.717) is 22.8 Å². The van der Waals surface area contributed by atoms with E-state index in [0.717, 1.165) is 24.1 Å². The Bertz CT molecular complexity index is 875. The lowest BCUT2D eigenvalue weighted by molar-refractivity contribution is 0.438. The van der Waals surface area contributed by atoms with Crippen LogP contribution in [0.4, 0.5) is 10.3 Å². The Morgan fingerprint density at radius 2 is 1.68 bits per heavy atom. The van der Waals surface area contributed by atoms with Crippen LogP contribution in [0.5, 0.6) is 0 Å². The minimum absolute atomic E-state index is 0. The van der Waals surface area contributed by atoms with Crippen LogP contribution in [0.15, 0.2) is 30.5 Å². The summed E-state index contributed by atoms with van der Waals surface area (Å²) in [5.41, 5.74) is 9.50. The molecule has 0 unspecified atom stereocenters. The van der Waals surface area contributed by atoms with E-state index in [1.54, 1.807) is 18.3 Å². The van der Waals surface area contributed by atoms with Crippen LogP contribution in [-0.4, -0.2) is 19.9 Å². The van der Waals surface area contributed by atoms with E-state index in [9.17, 15) is 4.39 Å². The molecule has 0 aliphatic heterocycles. The average Bonchev–Trinajstić information content (AvgIpc) is 2.62. The van der Waals surface area contributed by atoms with E-state index in [-0.39, 0.29) is 17.9 Å². The summed E-state index contributed by atoms with van der Waals surface area (Å²) in [5.74, 6) is 0.322. The molecule has 0 saturated heterocycles. The van der Waals surface area contributed by atoms with E-state index in [2.05, 4.69) is 15.0 Å². The molecular formula is C18H21FN6. The third-order valence-electron chi connectivity index (χ3n) is 4.58. The zero-order valence-corrected chi connectivity index (χ0v) is 14.0. The first-order valence-corrected chi connectivity index (χ1v) is 8.27. The van der Waals surface area contributed by atoms with Gasteiger partial charge in [-0.2, -0.15) is 4.98 Å². The van der Waals surface area contributed by atoms with Crippen LogP contribution in [0, 0.1) is 5.82 Å². The van der Waals surface area contributed by atoms with Crippen LogP contribution in [-0.2, 0) is 0 Å². The smallest absolute Gasteiger partial charge is 0.222 e. The Balaban J connectivity index is 0.00000182.